The number of carbonyl (C=O) groups excluding carboxylic acids is 1. The minimum absolute atomic E-state index is 0.0852. The molecule has 8 heteroatoms. The van der Waals surface area contributed by atoms with Gasteiger partial charge in [0.2, 0.25) is 10.0 Å². The van der Waals surface area contributed by atoms with Crippen LogP contribution in [0, 0.1) is 13.8 Å². The Morgan fingerprint density at radius 2 is 1.85 bits per heavy atom. The van der Waals surface area contributed by atoms with Crippen molar-refractivity contribution in [3.05, 3.63) is 64.3 Å². The van der Waals surface area contributed by atoms with Gasteiger partial charge in [-0.25, -0.2) is 8.42 Å². The maximum atomic E-state index is 13.0. The van der Waals surface area contributed by atoms with Crippen molar-refractivity contribution in [2.45, 2.75) is 39.3 Å². The van der Waals surface area contributed by atoms with Crippen LogP contribution in [-0.2, 0) is 21.3 Å². The minimum atomic E-state index is -3.48. The van der Waals surface area contributed by atoms with Crippen LogP contribution >= 0.6 is 0 Å². The summed E-state index contributed by atoms with van der Waals surface area (Å²) in [4.78, 5) is 15.1. The molecule has 0 bridgehead atoms. The lowest BCUT2D eigenvalue weighted by atomic mass is 10.1. The lowest BCUT2D eigenvalue weighted by Crippen LogP contribution is -2.49. The predicted octanol–water partition coefficient (Wildman–Crippen LogP) is 3.08. The molecule has 7 nitrogen and oxygen atoms in total. The lowest BCUT2D eigenvalue weighted by molar-refractivity contribution is 0.0896. The Labute approximate surface area is 196 Å². The van der Waals surface area contributed by atoms with Gasteiger partial charge in [-0.3, -0.25) is 9.69 Å². The van der Waals surface area contributed by atoms with E-state index in [9.17, 15) is 13.2 Å². The smallest absolute Gasteiger partial charge is 0.236 e. The first-order valence-corrected chi connectivity index (χ1v) is 13.1. The standard InChI is InChI=1S/C25H33N3O4S/c1-20-17-24(21(2)28(20)18-23-9-6-15-32-23)25(29)19-26-11-13-27(14-12-26)33(30,31)16-10-22-7-4-3-5-8-22/h3-5,7-8,10,16-17,23H,6,9,11-15,18-19H2,1-2H3. The summed E-state index contributed by atoms with van der Waals surface area (Å²) in [6.07, 6.45) is 4.01. The molecule has 2 aromatic rings. The zero-order valence-corrected chi connectivity index (χ0v) is 20.3. The number of aromatic nitrogens is 1. The van der Waals surface area contributed by atoms with Crippen LogP contribution in [0.15, 0.2) is 41.8 Å². The van der Waals surface area contributed by atoms with E-state index >= 15 is 0 Å². The Kier molecular flexibility index (Phi) is 7.48. The number of carbonyl (C=O) groups is 1. The predicted molar refractivity (Wildman–Crippen MR) is 130 cm³/mol. The summed E-state index contributed by atoms with van der Waals surface area (Å²) in [6.45, 7) is 7.79. The summed E-state index contributed by atoms with van der Waals surface area (Å²) >= 11 is 0. The fourth-order valence-corrected chi connectivity index (χ4v) is 5.77. The molecule has 4 rings (SSSR count). The molecule has 0 amide bonds. The van der Waals surface area contributed by atoms with Crippen LogP contribution in [-0.4, -0.2) is 73.4 Å². The molecular weight excluding hydrogens is 438 g/mol. The van der Waals surface area contributed by atoms with Crippen LogP contribution in [0.5, 0.6) is 0 Å². The van der Waals surface area contributed by atoms with Crippen LogP contribution < -0.4 is 0 Å². The van der Waals surface area contributed by atoms with E-state index in [0.29, 0.717) is 32.7 Å². The fourth-order valence-electron chi connectivity index (χ4n) is 4.60. The highest BCUT2D eigenvalue weighted by Crippen LogP contribution is 2.21. The van der Waals surface area contributed by atoms with Crippen LogP contribution in [0.2, 0.25) is 0 Å². The molecule has 0 N–H and O–H groups in total. The van der Waals surface area contributed by atoms with Gasteiger partial charge in [-0.15, -0.1) is 0 Å². The Morgan fingerprint density at radius 3 is 2.52 bits per heavy atom. The van der Waals surface area contributed by atoms with Crippen LogP contribution in [0.4, 0.5) is 0 Å². The Balaban J connectivity index is 1.32. The SMILES string of the molecule is Cc1cc(C(=O)CN2CCN(S(=O)(=O)C=Cc3ccccc3)CC2)c(C)n1CC1CCCO1. The third kappa shape index (κ3) is 5.81. The van der Waals surface area contributed by atoms with Gasteiger partial charge in [0.25, 0.3) is 0 Å². The lowest BCUT2D eigenvalue weighted by Gasteiger charge is -2.32. The average molecular weight is 472 g/mol. The molecule has 0 saturated carbocycles. The summed E-state index contributed by atoms with van der Waals surface area (Å²) in [5.74, 6) is 0.0852. The average Bonchev–Trinajstić information content (AvgIpc) is 3.43. The van der Waals surface area contributed by atoms with Crippen molar-refractivity contribution < 1.29 is 17.9 Å². The zero-order chi connectivity index (χ0) is 23.4. The van der Waals surface area contributed by atoms with Gasteiger partial charge < -0.3 is 9.30 Å². The van der Waals surface area contributed by atoms with Crippen molar-refractivity contribution in [3.63, 3.8) is 0 Å². The van der Waals surface area contributed by atoms with Crippen LogP contribution in [0.25, 0.3) is 6.08 Å². The Hall–Kier alpha value is -2.26. The minimum Gasteiger partial charge on any atom is -0.376 e. The maximum Gasteiger partial charge on any atom is 0.236 e. The summed E-state index contributed by atoms with van der Waals surface area (Å²) < 4.78 is 34.8. The molecule has 1 aromatic heterocycles. The molecule has 0 aliphatic carbocycles. The number of aryl methyl sites for hydroxylation is 1. The monoisotopic (exact) mass is 471 g/mol. The topological polar surface area (TPSA) is 71.9 Å². The molecule has 3 heterocycles. The van der Waals surface area contributed by atoms with E-state index in [0.717, 1.165) is 48.5 Å². The number of benzene rings is 1. The normalized spacial score (nSPS) is 20.6. The first-order chi connectivity index (χ1) is 15.8. The largest absolute Gasteiger partial charge is 0.376 e. The number of sulfonamides is 1. The van der Waals surface area contributed by atoms with E-state index in [-0.39, 0.29) is 11.9 Å². The molecule has 0 radical (unpaired) electrons. The Bertz CT molecular complexity index is 1090. The molecule has 2 aliphatic heterocycles. The number of ketones is 1. The molecule has 1 atom stereocenters. The second-order valence-electron chi connectivity index (χ2n) is 8.89. The number of Topliss-reactive ketones (excluding diaryl/α,β-unsaturated/α-hetero) is 1. The van der Waals surface area contributed by atoms with Crippen molar-refractivity contribution >= 4 is 21.9 Å². The molecule has 2 fully saturated rings. The van der Waals surface area contributed by atoms with Gasteiger partial charge in [0.15, 0.2) is 5.78 Å². The number of hydrogen-bond donors (Lipinski definition) is 0. The maximum absolute atomic E-state index is 13.0. The third-order valence-electron chi connectivity index (χ3n) is 6.57. The van der Waals surface area contributed by atoms with Crippen molar-refractivity contribution in [1.82, 2.24) is 13.8 Å². The highest BCUT2D eigenvalue weighted by atomic mass is 32.2. The third-order valence-corrected chi connectivity index (χ3v) is 8.14. The molecule has 2 saturated heterocycles. The van der Waals surface area contributed by atoms with Gasteiger partial charge in [0.05, 0.1) is 12.6 Å². The van der Waals surface area contributed by atoms with E-state index in [1.165, 1.54) is 9.71 Å². The molecule has 33 heavy (non-hydrogen) atoms. The van der Waals surface area contributed by atoms with Gasteiger partial charge in [-0.2, -0.15) is 4.31 Å². The highest BCUT2D eigenvalue weighted by Gasteiger charge is 2.27. The van der Waals surface area contributed by atoms with Crippen molar-refractivity contribution in [2.24, 2.45) is 0 Å². The van der Waals surface area contributed by atoms with Crippen molar-refractivity contribution in [1.29, 1.82) is 0 Å². The number of piperazine rings is 1. The van der Waals surface area contributed by atoms with E-state index in [4.69, 9.17) is 4.74 Å². The summed E-state index contributed by atoms with van der Waals surface area (Å²) in [7, 11) is -3.48. The van der Waals surface area contributed by atoms with Crippen LogP contribution in [0.3, 0.4) is 0 Å². The summed E-state index contributed by atoms with van der Waals surface area (Å²) in [5, 5.41) is 1.27. The van der Waals surface area contributed by atoms with Gasteiger partial charge in [-0.05, 0) is 44.4 Å². The van der Waals surface area contributed by atoms with E-state index in [1.807, 2.05) is 55.1 Å². The second-order valence-corrected chi connectivity index (χ2v) is 10.7. The van der Waals surface area contributed by atoms with Crippen LogP contribution in [0.1, 0.15) is 40.2 Å². The second kappa shape index (κ2) is 10.3. The van der Waals surface area contributed by atoms with E-state index in [2.05, 4.69) is 4.57 Å². The molecule has 178 valence electrons. The summed E-state index contributed by atoms with van der Waals surface area (Å²) in [5.41, 5.74) is 3.67. The summed E-state index contributed by atoms with van der Waals surface area (Å²) in [6, 6.07) is 11.4. The number of ether oxygens (including phenoxy) is 1. The van der Waals surface area contributed by atoms with Gasteiger partial charge in [-0.1, -0.05) is 30.3 Å². The fraction of sp³-hybridized carbons (Fsp3) is 0.480. The van der Waals surface area contributed by atoms with E-state index in [1.54, 1.807) is 6.08 Å². The molecule has 1 aromatic carbocycles. The zero-order valence-electron chi connectivity index (χ0n) is 19.4. The van der Waals surface area contributed by atoms with Gasteiger partial charge in [0, 0.05) is 61.7 Å². The van der Waals surface area contributed by atoms with Crippen molar-refractivity contribution in [3.8, 4) is 0 Å². The number of hydrogen-bond acceptors (Lipinski definition) is 5. The van der Waals surface area contributed by atoms with E-state index < -0.39 is 10.0 Å². The molecule has 0 spiro atoms. The molecule has 2 aliphatic rings. The molecule has 1 unspecified atom stereocenters. The first kappa shape index (κ1) is 23.9. The molecular formula is C25H33N3O4S. The van der Waals surface area contributed by atoms with Gasteiger partial charge in [0.1, 0.15) is 0 Å². The van der Waals surface area contributed by atoms with Crippen molar-refractivity contribution in [2.75, 3.05) is 39.3 Å². The number of rotatable bonds is 8. The quantitative estimate of drug-likeness (QED) is 0.554. The first-order valence-electron chi connectivity index (χ1n) is 11.6. The Morgan fingerprint density at radius 1 is 1.12 bits per heavy atom. The highest BCUT2D eigenvalue weighted by molar-refractivity contribution is 7.92. The van der Waals surface area contributed by atoms with Gasteiger partial charge >= 0.3 is 0 Å². The number of nitrogens with zero attached hydrogens (tertiary/aromatic N) is 3.